The number of esters is 2. The van der Waals surface area contributed by atoms with E-state index >= 15 is 0 Å². The Morgan fingerprint density at radius 3 is 2.03 bits per heavy atom. The SMILES string of the molecule is C=CCN([C@@H](C)C(=O)OCc1ccccc1)S(=O)(=O)c1cccc(C(=O)OCc2ccccc2)c1. The summed E-state index contributed by atoms with van der Waals surface area (Å²) in [7, 11) is -4.16. The van der Waals surface area contributed by atoms with Crippen molar-refractivity contribution < 1.29 is 27.5 Å². The Morgan fingerprint density at radius 1 is 0.886 bits per heavy atom. The Bertz CT molecular complexity index is 1260. The second-order valence-electron chi connectivity index (χ2n) is 7.72. The second kappa shape index (κ2) is 12.1. The number of carbonyl (C=O) groups excluding carboxylic acids is 2. The third-order valence-corrected chi connectivity index (χ3v) is 7.13. The van der Waals surface area contributed by atoms with Gasteiger partial charge in [0.15, 0.2) is 0 Å². The van der Waals surface area contributed by atoms with Gasteiger partial charge in [0.05, 0.1) is 10.5 Å². The van der Waals surface area contributed by atoms with Crippen LogP contribution in [0.15, 0.2) is 102 Å². The van der Waals surface area contributed by atoms with E-state index in [9.17, 15) is 18.0 Å². The van der Waals surface area contributed by atoms with Gasteiger partial charge in [-0.05, 0) is 36.2 Å². The van der Waals surface area contributed by atoms with E-state index in [2.05, 4.69) is 6.58 Å². The molecule has 182 valence electrons. The third kappa shape index (κ3) is 6.88. The van der Waals surface area contributed by atoms with Gasteiger partial charge in [-0.15, -0.1) is 6.58 Å². The first-order valence-electron chi connectivity index (χ1n) is 11.0. The zero-order chi connectivity index (χ0) is 25.3. The van der Waals surface area contributed by atoms with Gasteiger partial charge < -0.3 is 9.47 Å². The van der Waals surface area contributed by atoms with E-state index in [1.165, 1.54) is 37.3 Å². The number of carbonyl (C=O) groups is 2. The lowest BCUT2D eigenvalue weighted by Crippen LogP contribution is -2.44. The highest BCUT2D eigenvalue weighted by molar-refractivity contribution is 7.89. The zero-order valence-corrected chi connectivity index (χ0v) is 20.2. The maximum Gasteiger partial charge on any atom is 0.338 e. The molecule has 0 heterocycles. The molecule has 0 aliphatic rings. The minimum atomic E-state index is -4.16. The molecule has 3 rings (SSSR count). The number of nitrogens with zero attached hydrogens (tertiary/aromatic N) is 1. The molecule has 35 heavy (non-hydrogen) atoms. The van der Waals surface area contributed by atoms with E-state index < -0.39 is 28.0 Å². The summed E-state index contributed by atoms with van der Waals surface area (Å²) in [5.74, 6) is -1.35. The molecular weight excluding hydrogens is 466 g/mol. The molecule has 3 aromatic carbocycles. The molecule has 0 fully saturated rings. The highest BCUT2D eigenvalue weighted by Crippen LogP contribution is 2.21. The summed E-state index contributed by atoms with van der Waals surface area (Å²) in [5.41, 5.74) is 1.68. The topological polar surface area (TPSA) is 90.0 Å². The Hall–Kier alpha value is -3.75. The summed E-state index contributed by atoms with van der Waals surface area (Å²) in [6.07, 6.45) is 1.39. The summed E-state index contributed by atoms with van der Waals surface area (Å²) in [6, 6.07) is 22.7. The van der Waals surface area contributed by atoms with Crippen molar-refractivity contribution in [2.75, 3.05) is 6.54 Å². The van der Waals surface area contributed by atoms with Crippen molar-refractivity contribution in [1.29, 1.82) is 0 Å². The number of ether oxygens (including phenoxy) is 2. The van der Waals surface area contributed by atoms with Crippen LogP contribution >= 0.6 is 0 Å². The molecule has 7 nitrogen and oxygen atoms in total. The smallest absolute Gasteiger partial charge is 0.338 e. The number of benzene rings is 3. The fourth-order valence-electron chi connectivity index (χ4n) is 3.28. The quantitative estimate of drug-likeness (QED) is 0.291. The van der Waals surface area contributed by atoms with Crippen molar-refractivity contribution in [1.82, 2.24) is 4.31 Å². The molecule has 1 atom stereocenters. The Balaban J connectivity index is 1.75. The highest BCUT2D eigenvalue weighted by Gasteiger charge is 2.33. The van der Waals surface area contributed by atoms with Gasteiger partial charge in [-0.2, -0.15) is 4.31 Å². The van der Waals surface area contributed by atoms with Gasteiger partial charge in [0.25, 0.3) is 0 Å². The van der Waals surface area contributed by atoms with Crippen LogP contribution in [0, 0.1) is 0 Å². The van der Waals surface area contributed by atoms with Gasteiger partial charge in [0.2, 0.25) is 10.0 Å². The van der Waals surface area contributed by atoms with E-state index in [0.29, 0.717) is 0 Å². The summed E-state index contributed by atoms with van der Waals surface area (Å²) >= 11 is 0. The van der Waals surface area contributed by atoms with Crippen LogP contribution in [0.4, 0.5) is 0 Å². The number of hydrogen-bond acceptors (Lipinski definition) is 6. The molecule has 0 spiro atoms. The number of hydrogen-bond donors (Lipinski definition) is 0. The lowest BCUT2D eigenvalue weighted by Gasteiger charge is -2.26. The van der Waals surface area contributed by atoms with Crippen molar-refractivity contribution in [3.8, 4) is 0 Å². The molecule has 0 aliphatic heterocycles. The van der Waals surface area contributed by atoms with Gasteiger partial charge in [-0.1, -0.05) is 72.8 Å². The van der Waals surface area contributed by atoms with E-state index in [0.717, 1.165) is 15.4 Å². The molecule has 0 aliphatic carbocycles. The molecule has 0 bridgehead atoms. The van der Waals surface area contributed by atoms with Crippen LogP contribution < -0.4 is 0 Å². The third-order valence-electron chi connectivity index (χ3n) is 5.20. The average molecular weight is 494 g/mol. The molecular formula is C27H27NO6S. The van der Waals surface area contributed by atoms with Crippen molar-refractivity contribution >= 4 is 22.0 Å². The van der Waals surface area contributed by atoms with Crippen LogP contribution in [-0.2, 0) is 37.5 Å². The Morgan fingerprint density at radius 2 is 1.46 bits per heavy atom. The fraction of sp³-hybridized carbons (Fsp3) is 0.185. The summed E-state index contributed by atoms with van der Waals surface area (Å²) < 4.78 is 38.5. The molecule has 0 saturated carbocycles. The minimum Gasteiger partial charge on any atom is -0.460 e. The minimum absolute atomic E-state index is 0.0225. The van der Waals surface area contributed by atoms with Crippen LogP contribution in [0.25, 0.3) is 0 Å². The number of sulfonamides is 1. The van der Waals surface area contributed by atoms with E-state index in [-0.39, 0.29) is 30.2 Å². The van der Waals surface area contributed by atoms with Crippen LogP contribution in [0.2, 0.25) is 0 Å². The van der Waals surface area contributed by atoms with E-state index in [1.54, 1.807) is 12.1 Å². The standard InChI is InChI=1S/C27H27NO6S/c1-3-17-28(21(2)26(29)33-19-22-11-6-4-7-12-22)35(31,32)25-16-10-15-24(18-25)27(30)34-20-23-13-8-5-9-14-23/h3-16,18,21H,1,17,19-20H2,2H3/t21-/m0/s1. The van der Waals surface area contributed by atoms with Gasteiger partial charge in [0, 0.05) is 6.54 Å². The molecule has 0 amide bonds. The van der Waals surface area contributed by atoms with Crippen molar-refractivity contribution in [2.45, 2.75) is 31.1 Å². The predicted molar refractivity (Wildman–Crippen MR) is 132 cm³/mol. The predicted octanol–water partition coefficient (Wildman–Crippen LogP) is 4.35. The van der Waals surface area contributed by atoms with Crippen molar-refractivity contribution in [2.24, 2.45) is 0 Å². The van der Waals surface area contributed by atoms with Crippen LogP contribution in [0.1, 0.15) is 28.4 Å². The largest absolute Gasteiger partial charge is 0.460 e. The fourth-order valence-corrected chi connectivity index (χ4v) is 4.89. The van der Waals surface area contributed by atoms with E-state index in [4.69, 9.17) is 9.47 Å². The molecule has 0 unspecified atom stereocenters. The maximum atomic E-state index is 13.4. The normalized spacial score (nSPS) is 12.1. The first kappa shape index (κ1) is 25.9. The molecule has 0 radical (unpaired) electrons. The van der Waals surface area contributed by atoms with Crippen molar-refractivity contribution in [3.63, 3.8) is 0 Å². The summed E-state index contributed by atoms with van der Waals surface area (Å²) in [4.78, 5) is 25.1. The molecule has 0 saturated heterocycles. The first-order chi connectivity index (χ1) is 16.8. The zero-order valence-electron chi connectivity index (χ0n) is 19.4. The maximum absolute atomic E-state index is 13.4. The number of rotatable bonds is 11. The summed E-state index contributed by atoms with van der Waals surface area (Å²) in [6.45, 7) is 5.02. The van der Waals surface area contributed by atoms with Crippen LogP contribution in [-0.4, -0.2) is 37.2 Å². The summed E-state index contributed by atoms with van der Waals surface area (Å²) in [5, 5.41) is 0. The van der Waals surface area contributed by atoms with Gasteiger partial charge in [-0.25, -0.2) is 13.2 Å². The molecule has 3 aromatic rings. The molecule has 0 aromatic heterocycles. The van der Waals surface area contributed by atoms with Gasteiger partial charge in [0.1, 0.15) is 19.3 Å². The average Bonchev–Trinajstić information content (AvgIpc) is 2.89. The van der Waals surface area contributed by atoms with Crippen LogP contribution in [0.3, 0.4) is 0 Å². The molecule has 0 N–H and O–H groups in total. The molecule has 8 heteroatoms. The van der Waals surface area contributed by atoms with Crippen LogP contribution in [0.5, 0.6) is 0 Å². The monoisotopic (exact) mass is 493 g/mol. The lowest BCUT2D eigenvalue weighted by molar-refractivity contribution is -0.148. The first-order valence-corrected chi connectivity index (χ1v) is 12.4. The van der Waals surface area contributed by atoms with Gasteiger partial charge in [-0.3, -0.25) is 4.79 Å². The van der Waals surface area contributed by atoms with E-state index in [1.807, 2.05) is 48.5 Å². The lowest BCUT2D eigenvalue weighted by atomic mass is 10.2. The Labute approximate surface area is 205 Å². The second-order valence-corrected chi connectivity index (χ2v) is 9.61. The van der Waals surface area contributed by atoms with Crippen molar-refractivity contribution in [3.05, 3.63) is 114 Å². The van der Waals surface area contributed by atoms with Gasteiger partial charge >= 0.3 is 11.9 Å². The Kier molecular flexibility index (Phi) is 8.94. The highest BCUT2D eigenvalue weighted by atomic mass is 32.2.